The molecule has 0 amide bonds. The van der Waals surface area contributed by atoms with Crippen LogP contribution in [-0.4, -0.2) is 25.2 Å². The number of esters is 1. The van der Waals surface area contributed by atoms with Crippen molar-refractivity contribution in [2.24, 2.45) is 0 Å². The zero-order valence-electron chi connectivity index (χ0n) is 12.5. The van der Waals surface area contributed by atoms with Gasteiger partial charge in [-0.2, -0.15) is 0 Å². The molecule has 1 aromatic carbocycles. The fourth-order valence-corrected chi connectivity index (χ4v) is 2.46. The van der Waals surface area contributed by atoms with Crippen molar-refractivity contribution >= 4 is 5.97 Å². The van der Waals surface area contributed by atoms with E-state index in [2.05, 4.69) is 24.4 Å². The van der Waals surface area contributed by atoms with Gasteiger partial charge < -0.3 is 14.8 Å². The van der Waals surface area contributed by atoms with Gasteiger partial charge in [0.1, 0.15) is 5.75 Å². The van der Waals surface area contributed by atoms with Gasteiger partial charge in [-0.05, 0) is 43.5 Å². The summed E-state index contributed by atoms with van der Waals surface area (Å²) in [6, 6.07) is 4.23. The summed E-state index contributed by atoms with van der Waals surface area (Å²) in [6.45, 7) is 8.53. The molecule has 2 rings (SSSR count). The van der Waals surface area contributed by atoms with Crippen LogP contribution >= 0.6 is 0 Å². The van der Waals surface area contributed by atoms with E-state index >= 15 is 0 Å². The third kappa shape index (κ3) is 3.51. The number of carbonyl (C=O) groups is 1. The molecular formula is C16H23NO3. The zero-order chi connectivity index (χ0) is 14.5. The van der Waals surface area contributed by atoms with Crippen LogP contribution in [0.25, 0.3) is 0 Å². The fourth-order valence-electron chi connectivity index (χ4n) is 2.46. The van der Waals surface area contributed by atoms with Crippen LogP contribution < -0.4 is 10.1 Å². The fraction of sp³-hybridized carbons (Fsp3) is 0.562. The largest absolute Gasteiger partial charge is 0.478 e. The quantitative estimate of drug-likeness (QED) is 0.641. The summed E-state index contributed by atoms with van der Waals surface area (Å²) in [5.41, 5.74) is 3.38. The van der Waals surface area contributed by atoms with Gasteiger partial charge >= 0.3 is 5.97 Å². The lowest BCUT2D eigenvalue weighted by Gasteiger charge is -2.16. The minimum atomic E-state index is -0.448. The minimum absolute atomic E-state index is 0.252. The Labute approximate surface area is 120 Å². The molecule has 1 N–H and O–H groups in total. The second-order valence-electron chi connectivity index (χ2n) is 5.30. The molecule has 1 atom stereocenters. The SMILES string of the molecule is CCCNCc1cc(C)c(OC2CCOC2=O)c(C)c1. The first-order chi connectivity index (χ1) is 9.61. The smallest absolute Gasteiger partial charge is 0.347 e. The van der Waals surface area contributed by atoms with Crippen LogP contribution in [0, 0.1) is 13.8 Å². The third-order valence-electron chi connectivity index (χ3n) is 3.42. The van der Waals surface area contributed by atoms with Gasteiger partial charge in [0, 0.05) is 13.0 Å². The van der Waals surface area contributed by atoms with Gasteiger partial charge in [0.2, 0.25) is 0 Å². The Kier molecular flexibility index (Phi) is 5.01. The van der Waals surface area contributed by atoms with E-state index in [1.54, 1.807) is 0 Å². The van der Waals surface area contributed by atoms with Crippen LogP contribution in [0.15, 0.2) is 12.1 Å². The highest BCUT2D eigenvalue weighted by molar-refractivity contribution is 5.77. The van der Waals surface area contributed by atoms with E-state index in [-0.39, 0.29) is 5.97 Å². The number of hydrogen-bond acceptors (Lipinski definition) is 4. The van der Waals surface area contributed by atoms with E-state index in [0.717, 1.165) is 36.4 Å². The van der Waals surface area contributed by atoms with Gasteiger partial charge in [-0.3, -0.25) is 0 Å². The Morgan fingerprint density at radius 2 is 2.05 bits per heavy atom. The van der Waals surface area contributed by atoms with Crippen LogP contribution in [0.4, 0.5) is 0 Å². The molecule has 1 unspecified atom stereocenters. The summed E-state index contributed by atoms with van der Waals surface area (Å²) in [5.74, 6) is 0.561. The first-order valence-electron chi connectivity index (χ1n) is 7.26. The molecule has 20 heavy (non-hydrogen) atoms. The van der Waals surface area contributed by atoms with Gasteiger partial charge in [0.15, 0.2) is 6.10 Å². The predicted octanol–water partition coefficient (Wildman–Crippen LogP) is 2.50. The number of aryl methyl sites for hydroxylation is 2. The molecule has 0 aromatic heterocycles. The molecule has 1 aliphatic heterocycles. The number of ether oxygens (including phenoxy) is 2. The van der Waals surface area contributed by atoms with Crippen molar-refractivity contribution in [2.75, 3.05) is 13.2 Å². The molecule has 4 heteroatoms. The molecule has 1 aliphatic rings. The van der Waals surface area contributed by atoms with E-state index in [4.69, 9.17) is 9.47 Å². The van der Waals surface area contributed by atoms with Gasteiger partial charge in [-0.1, -0.05) is 19.1 Å². The van der Waals surface area contributed by atoms with Crippen molar-refractivity contribution in [1.29, 1.82) is 0 Å². The van der Waals surface area contributed by atoms with Crippen molar-refractivity contribution < 1.29 is 14.3 Å². The van der Waals surface area contributed by atoms with E-state index < -0.39 is 6.10 Å². The summed E-state index contributed by atoms with van der Waals surface area (Å²) in [7, 11) is 0. The number of nitrogens with one attached hydrogen (secondary N) is 1. The Hall–Kier alpha value is -1.55. The number of cyclic esters (lactones) is 1. The maximum atomic E-state index is 11.5. The lowest BCUT2D eigenvalue weighted by molar-refractivity contribution is -0.143. The minimum Gasteiger partial charge on any atom is -0.478 e. The Morgan fingerprint density at radius 1 is 1.35 bits per heavy atom. The topological polar surface area (TPSA) is 47.6 Å². The molecular weight excluding hydrogens is 254 g/mol. The highest BCUT2D eigenvalue weighted by atomic mass is 16.6. The number of benzene rings is 1. The highest BCUT2D eigenvalue weighted by Crippen LogP contribution is 2.27. The number of carbonyl (C=O) groups excluding carboxylic acids is 1. The third-order valence-corrected chi connectivity index (χ3v) is 3.42. The van der Waals surface area contributed by atoms with E-state index in [1.807, 2.05) is 13.8 Å². The summed E-state index contributed by atoms with van der Waals surface area (Å²) >= 11 is 0. The molecule has 0 bridgehead atoms. The van der Waals surface area contributed by atoms with Gasteiger partial charge in [0.05, 0.1) is 6.61 Å². The highest BCUT2D eigenvalue weighted by Gasteiger charge is 2.29. The summed E-state index contributed by atoms with van der Waals surface area (Å²) < 4.78 is 10.8. The van der Waals surface area contributed by atoms with Crippen molar-refractivity contribution in [2.45, 2.75) is 46.3 Å². The van der Waals surface area contributed by atoms with Crippen molar-refractivity contribution in [3.05, 3.63) is 28.8 Å². The molecule has 0 spiro atoms. The second-order valence-corrected chi connectivity index (χ2v) is 5.30. The van der Waals surface area contributed by atoms with E-state index in [9.17, 15) is 4.79 Å². The Bertz CT molecular complexity index is 462. The first kappa shape index (κ1) is 14.9. The van der Waals surface area contributed by atoms with E-state index in [1.165, 1.54) is 5.56 Å². The molecule has 0 aliphatic carbocycles. The molecule has 1 heterocycles. The first-order valence-corrected chi connectivity index (χ1v) is 7.26. The summed E-state index contributed by atoms with van der Waals surface area (Å²) in [5, 5.41) is 3.39. The van der Waals surface area contributed by atoms with E-state index in [0.29, 0.717) is 13.0 Å². The summed E-state index contributed by atoms with van der Waals surface area (Å²) in [6.07, 6.45) is 1.32. The van der Waals surface area contributed by atoms with Crippen LogP contribution in [-0.2, 0) is 16.1 Å². The predicted molar refractivity (Wildman–Crippen MR) is 77.9 cm³/mol. The maximum Gasteiger partial charge on any atom is 0.347 e. The standard InChI is InChI=1S/C16H23NO3/c1-4-6-17-10-13-8-11(2)15(12(3)9-13)20-14-5-7-19-16(14)18/h8-9,14,17H,4-7,10H2,1-3H3. The molecule has 1 aromatic rings. The monoisotopic (exact) mass is 277 g/mol. The molecule has 4 nitrogen and oxygen atoms in total. The number of rotatable bonds is 6. The average molecular weight is 277 g/mol. The average Bonchev–Trinajstić information content (AvgIpc) is 2.80. The zero-order valence-corrected chi connectivity index (χ0v) is 12.5. The van der Waals surface area contributed by atoms with Crippen molar-refractivity contribution in [1.82, 2.24) is 5.32 Å². The second kappa shape index (κ2) is 6.75. The Morgan fingerprint density at radius 3 is 2.60 bits per heavy atom. The normalized spacial score (nSPS) is 18.1. The Balaban J connectivity index is 2.08. The van der Waals surface area contributed by atoms with Crippen molar-refractivity contribution in [3.63, 3.8) is 0 Å². The van der Waals surface area contributed by atoms with Gasteiger partial charge in [0.25, 0.3) is 0 Å². The molecule has 0 radical (unpaired) electrons. The van der Waals surface area contributed by atoms with Crippen LogP contribution in [0.5, 0.6) is 5.75 Å². The van der Waals surface area contributed by atoms with Crippen LogP contribution in [0.1, 0.15) is 36.5 Å². The lowest BCUT2D eigenvalue weighted by atomic mass is 10.1. The molecule has 1 fully saturated rings. The summed E-state index contributed by atoms with van der Waals surface area (Å²) in [4.78, 5) is 11.5. The molecule has 1 saturated heterocycles. The molecule has 110 valence electrons. The van der Waals surface area contributed by atoms with Gasteiger partial charge in [-0.15, -0.1) is 0 Å². The van der Waals surface area contributed by atoms with Gasteiger partial charge in [-0.25, -0.2) is 4.79 Å². The van der Waals surface area contributed by atoms with Crippen LogP contribution in [0.3, 0.4) is 0 Å². The maximum absolute atomic E-state index is 11.5. The van der Waals surface area contributed by atoms with Crippen LogP contribution in [0.2, 0.25) is 0 Å². The number of hydrogen-bond donors (Lipinski definition) is 1. The molecule has 0 saturated carbocycles. The lowest BCUT2D eigenvalue weighted by Crippen LogP contribution is -2.22. The van der Waals surface area contributed by atoms with Crippen molar-refractivity contribution in [3.8, 4) is 5.75 Å².